The highest BCUT2D eigenvalue weighted by Gasteiger charge is 2.33. The number of furan rings is 1. The molecular weight excluding hydrogens is 316 g/mol. The number of benzene rings is 1. The standard InChI is InChI=1S/C16H18N2O4S/c1-10-9-15(11(2)22-10)23(20,21)18-8-4-6-12-13(16(17)19)5-3-7-14(12)18/h3,5,7,9H,4,6,8H2,1-2H3,(H2,17,19). The van der Waals surface area contributed by atoms with E-state index in [9.17, 15) is 13.2 Å². The Bertz CT molecular complexity index is 883. The summed E-state index contributed by atoms with van der Waals surface area (Å²) < 4.78 is 32.7. The van der Waals surface area contributed by atoms with Crippen molar-refractivity contribution < 1.29 is 17.6 Å². The van der Waals surface area contributed by atoms with Crippen LogP contribution >= 0.6 is 0 Å². The van der Waals surface area contributed by atoms with Gasteiger partial charge >= 0.3 is 0 Å². The Hall–Kier alpha value is -2.28. The van der Waals surface area contributed by atoms with Gasteiger partial charge in [0.2, 0.25) is 5.91 Å². The summed E-state index contributed by atoms with van der Waals surface area (Å²) in [5, 5.41) is 0. The van der Waals surface area contributed by atoms with Crippen LogP contribution in [0.4, 0.5) is 5.69 Å². The van der Waals surface area contributed by atoms with E-state index in [0.717, 1.165) is 0 Å². The van der Waals surface area contributed by atoms with Crippen LogP contribution in [0.25, 0.3) is 0 Å². The first-order valence-corrected chi connectivity index (χ1v) is 8.78. The molecule has 1 aromatic carbocycles. The maximum Gasteiger partial charge on any atom is 0.267 e. The van der Waals surface area contributed by atoms with Gasteiger partial charge in [0.05, 0.1) is 5.69 Å². The monoisotopic (exact) mass is 334 g/mol. The van der Waals surface area contributed by atoms with Gasteiger partial charge in [-0.1, -0.05) is 6.07 Å². The number of rotatable bonds is 3. The fourth-order valence-electron chi connectivity index (χ4n) is 3.05. The smallest absolute Gasteiger partial charge is 0.267 e. The highest BCUT2D eigenvalue weighted by Crippen LogP contribution is 2.35. The Morgan fingerprint density at radius 2 is 2.04 bits per heavy atom. The van der Waals surface area contributed by atoms with E-state index in [0.29, 0.717) is 47.7 Å². The van der Waals surface area contributed by atoms with E-state index in [1.54, 1.807) is 32.0 Å². The molecule has 3 rings (SSSR count). The molecule has 7 heteroatoms. The van der Waals surface area contributed by atoms with Gasteiger partial charge in [-0.3, -0.25) is 9.10 Å². The van der Waals surface area contributed by atoms with Crippen molar-refractivity contribution in [3.63, 3.8) is 0 Å². The molecule has 0 fully saturated rings. The summed E-state index contributed by atoms with van der Waals surface area (Å²) in [5.41, 5.74) is 6.99. The number of carbonyl (C=O) groups is 1. The minimum Gasteiger partial charge on any atom is -0.465 e. The average Bonchev–Trinajstić information content (AvgIpc) is 2.85. The largest absolute Gasteiger partial charge is 0.465 e. The molecule has 0 spiro atoms. The Morgan fingerprint density at radius 1 is 1.30 bits per heavy atom. The zero-order valence-electron chi connectivity index (χ0n) is 13.0. The number of sulfonamides is 1. The molecule has 0 saturated heterocycles. The number of primary amides is 1. The van der Waals surface area contributed by atoms with Gasteiger partial charge in [-0.15, -0.1) is 0 Å². The van der Waals surface area contributed by atoms with Gasteiger partial charge in [0.25, 0.3) is 10.0 Å². The first-order valence-electron chi connectivity index (χ1n) is 7.34. The van der Waals surface area contributed by atoms with Gasteiger partial charge in [0, 0.05) is 18.2 Å². The number of fused-ring (bicyclic) bond motifs is 1. The lowest BCUT2D eigenvalue weighted by molar-refractivity contribution is 0.0999. The van der Waals surface area contributed by atoms with E-state index in [1.165, 1.54) is 10.4 Å². The lowest BCUT2D eigenvalue weighted by Gasteiger charge is -2.31. The fraction of sp³-hybridized carbons (Fsp3) is 0.312. The normalized spacial score (nSPS) is 14.6. The molecule has 2 heterocycles. The molecule has 0 atom stereocenters. The summed E-state index contributed by atoms with van der Waals surface area (Å²) in [6, 6.07) is 6.52. The van der Waals surface area contributed by atoms with Crippen molar-refractivity contribution >= 4 is 21.6 Å². The van der Waals surface area contributed by atoms with Crippen molar-refractivity contribution in [3.8, 4) is 0 Å². The van der Waals surface area contributed by atoms with E-state index in [-0.39, 0.29) is 4.90 Å². The van der Waals surface area contributed by atoms with Gasteiger partial charge in [-0.25, -0.2) is 8.42 Å². The summed E-state index contributed by atoms with van der Waals surface area (Å²) in [4.78, 5) is 11.8. The zero-order chi connectivity index (χ0) is 16.8. The SMILES string of the molecule is Cc1cc(S(=O)(=O)N2CCCc3c(C(N)=O)cccc32)c(C)o1. The summed E-state index contributed by atoms with van der Waals surface area (Å²) in [6.45, 7) is 3.70. The van der Waals surface area contributed by atoms with Crippen molar-refractivity contribution in [2.45, 2.75) is 31.6 Å². The van der Waals surface area contributed by atoms with Crippen LogP contribution in [-0.4, -0.2) is 20.9 Å². The molecule has 0 aliphatic carbocycles. The summed E-state index contributed by atoms with van der Waals surface area (Å²) in [5.74, 6) is 0.362. The van der Waals surface area contributed by atoms with Gasteiger partial charge in [-0.05, 0) is 44.4 Å². The summed E-state index contributed by atoms with van der Waals surface area (Å²) in [6.07, 6.45) is 1.26. The third-order valence-electron chi connectivity index (χ3n) is 4.04. The second-order valence-corrected chi connectivity index (χ2v) is 7.46. The topological polar surface area (TPSA) is 93.6 Å². The van der Waals surface area contributed by atoms with Crippen LogP contribution in [0, 0.1) is 13.8 Å². The lowest BCUT2D eigenvalue weighted by atomic mass is 9.97. The number of amides is 1. The molecule has 1 aromatic heterocycles. The van der Waals surface area contributed by atoms with Crippen LogP contribution in [0.3, 0.4) is 0 Å². The third-order valence-corrected chi connectivity index (χ3v) is 5.96. The number of carbonyl (C=O) groups excluding carboxylic acids is 1. The third kappa shape index (κ3) is 2.50. The number of anilines is 1. The van der Waals surface area contributed by atoms with Crippen LogP contribution in [0.1, 0.15) is 33.9 Å². The Labute approximate surface area is 134 Å². The Morgan fingerprint density at radius 3 is 2.65 bits per heavy atom. The molecule has 6 nitrogen and oxygen atoms in total. The fourth-order valence-corrected chi connectivity index (χ4v) is 4.81. The predicted octanol–water partition coefficient (Wildman–Crippen LogP) is 2.14. The van der Waals surface area contributed by atoms with Crippen LogP contribution in [0.15, 0.2) is 33.6 Å². The summed E-state index contributed by atoms with van der Waals surface area (Å²) in [7, 11) is -3.74. The molecule has 1 aliphatic rings. The van der Waals surface area contributed by atoms with Gasteiger partial charge in [0.1, 0.15) is 16.4 Å². The van der Waals surface area contributed by atoms with Gasteiger partial charge in [-0.2, -0.15) is 0 Å². The van der Waals surface area contributed by atoms with Crippen LogP contribution < -0.4 is 10.0 Å². The molecule has 1 amide bonds. The second kappa shape index (κ2) is 5.42. The molecule has 0 unspecified atom stereocenters. The lowest BCUT2D eigenvalue weighted by Crippen LogP contribution is -2.36. The number of aryl methyl sites for hydroxylation is 2. The predicted molar refractivity (Wildman–Crippen MR) is 86.0 cm³/mol. The molecule has 23 heavy (non-hydrogen) atoms. The van der Waals surface area contributed by atoms with Crippen molar-refractivity contribution in [1.82, 2.24) is 0 Å². The second-order valence-electron chi connectivity index (χ2n) is 5.63. The molecule has 2 aromatic rings. The highest BCUT2D eigenvalue weighted by molar-refractivity contribution is 7.92. The molecule has 1 aliphatic heterocycles. The first kappa shape index (κ1) is 15.6. The van der Waals surface area contributed by atoms with E-state index < -0.39 is 15.9 Å². The molecule has 122 valence electrons. The van der Waals surface area contributed by atoms with E-state index in [4.69, 9.17) is 10.2 Å². The minimum atomic E-state index is -3.74. The number of nitrogens with zero attached hydrogens (tertiary/aromatic N) is 1. The van der Waals surface area contributed by atoms with Gasteiger partial charge in [0.15, 0.2) is 0 Å². The molecular formula is C16H18N2O4S. The maximum absolute atomic E-state index is 13.0. The molecule has 0 saturated carbocycles. The van der Waals surface area contributed by atoms with Crippen LogP contribution in [0.2, 0.25) is 0 Å². The Kier molecular flexibility index (Phi) is 3.68. The number of hydrogen-bond donors (Lipinski definition) is 1. The molecule has 0 bridgehead atoms. The van der Waals surface area contributed by atoms with E-state index in [1.807, 2.05) is 0 Å². The van der Waals surface area contributed by atoms with Crippen molar-refractivity contribution in [1.29, 1.82) is 0 Å². The molecule has 2 N–H and O–H groups in total. The maximum atomic E-state index is 13.0. The number of hydrogen-bond acceptors (Lipinski definition) is 4. The summed E-state index contributed by atoms with van der Waals surface area (Å²) >= 11 is 0. The van der Waals surface area contributed by atoms with Gasteiger partial charge < -0.3 is 10.2 Å². The quantitative estimate of drug-likeness (QED) is 0.930. The van der Waals surface area contributed by atoms with Crippen molar-refractivity contribution in [2.24, 2.45) is 5.73 Å². The zero-order valence-corrected chi connectivity index (χ0v) is 13.8. The van der Waals surface area contributed by atoms with Crippen molar-refractivity contribution in [2.75, 3.05) is 10.8 Å². The Balaban J connectivity index is 2.16. The van der Waals surface area contributed by atoms with Crippen LogP contribution in [0.5, 0.6) is 0 Å². The number of nitrogens with two attached hydrogens (primary N) is 1. The van der Waals surface area contributed by atoms with E-state index >= 15 is 0 Å². The minimum absolute atomic E-state index is 0.160. The highest BCUT2D eigenvalue weighted by atomic mass is 32.2. The molecule has 0 radical (unpaired) electrons. The van der Waals surface area contributed by atoms with E-state index in [2.05, 4.69) is 0 Å². The van der Waals surface area contributed by atoms with Crippen molar-refractivity contribution in [3.05, 3.63) is 46.9 Å². The first-order chi connectivity index (χ1) is 10.8. The average molecular weight is 334 g/mol. The van der Waals surface area contributed by atoms with Crippen LogP contribution in [-0.2, 0) is 16.4 Å².